The first kappa shape index (κ1) is 27.9. The molecule has 0 unspecified atom stereocenters. The summed E-state index contributed by atoms with van der Waals surface area (Å²) in [4.78, 5) is 25.5. The Balaban J connectivity index is 1.67. The van der Waals surface area contributed by atoms with Crippen LogP contribution in [0.3, 0.4) is 0 Å². The van der Waals surface area contributed by atoms with Crippen molar-refractivity contribution in [1.82, 2.24) is 29.9 Å². The molecule has 5 rings (SSSR count). The second-order valence-corrected chi connectivity index (χ2v) is 9.10. The lowest BCUT2D eigenvalue weighted by Crippen LogP contribution is -2.13. The molecule has 2 aromatic carbocycles. The van der Waals surface area contributed by atoms with Crippen LogP contribution in [0.5, 0.6) is 0 Å². The van der Waals surface area contributed by atoms with Crippen LogP contribution in [0.25, 0.3) is 22.5 Å². The van der Waals surface area contributed by atoms with Crippen LogP contribution in [0.2, 0.25) is 5.02 Å². The van der Waals surface area contributed by atoms with Gasteiger partial charge in [-0.05, 0) is 48.0 Å². The molecule has 0 N–H and O–H groups in total. The van der Waals surface area contributed by atoms with Gasteiger partial charge in [0.15, 0.2) is 0 Å². The lowest BCUT2D eigenvalue weighted by molar-refractivity contribution is -0.143. The van der Waals surface area contributed by atoms with Crippen LogP contribution in [0, 0.1) is 0 Å². The van der Waals surface area contributed by atoms with Gasteiger partial charge in [-0.25, -0.2) is 14.6 Å². The topological polar surface area (TPSA) is 86.5 Å². The minimum atomic E-state index is -5.02. The maximum absolute atomic E-state index is 13.5. The fraction of sp³-hybridized carbons (Fsp3) is 0.111. The van der Waals surface area contributed by atoms with Crippen LogP contribution >= 0.6 is 11.6 Å². The predicted molar refractivity (Wildman–Crippen MR) is 135 cm³/mol. The highest BCUT2D eigenvalue weighted by molar-refractivity contribution is 6.35. The second kappa shape index (κ2) is 10.7. The van der Waals surface area contributed by atoms with Crippen LogP contribution in [0.15, 0.2) is 79.5 Å². The largest absolute Gasteiger partial charge is 0.416 e. The Morgan fingerprint density at radius 3 is 2.17 bits per heavy atom. The molecule has 208 valence electrons. The van der Waals surface area contributed by atoms with Gasteiger partial charge in [0, 0.05) is 29.7 Å². The molecule has 7 nitrogen and oxygen atoms in total. The summed E-state index contributed by atoms with van der Waals surface area (Å²) in [7, 11) is 0. The molecule has 5 aromatic rings. The molecule has 0 saturated heterocycles. The molecule has 41 heavy (non-hydrogen) atoms. The van der Waals surface area contributed by atoms with E-state index in [4.69, 9.17) is 11.6 Å². The molecule has 0 aliphatic rings. The summed E-state index contributed by atoms with van der Waals surface area (Å²) in [6.07, 6.45) is -4.73. The van der Waals surface area contributed by atoms with Crippen molar-refractivity contribution in [3.63, 3.8) is 0 Å². The number of benzene rings is 2. The van der Waals surface area contributed by atoms with E-state index < -0.39 is 35.8 Å². The number of halogens is 7. The van der Waals surface area contributed by atoms with Crippen molar-refractivity contribution in [2.45, 2.75) is 18.9 Å². The third-order valence-electron chi connectivity index (χ3n) is 5.97. The first-order valence-corrected chi connectivity index (χ1v) is 12.0. The average Bonchev–Trinajstić information content (AvgIpc) is 3.35. The Morgan fingerprint density at radius 2 is 1.54 bits per heavy atom. The van der Waals surface area contributed by atoms with Crippen molar-refractivity contribution in [2.75, 3.05) is 0 Å². The Labute approximate surface area is 232 Å². The van der Waals surface area contributed by atoms with Gasteiger partial charge in [-0.3, -0.25) is 9.78 Å². The van der Waals surface area contributed by atoms with E-state index in [-0.39, 0.29) is 44.9 Å². The third kappa shape index (κ3) is 5.80. The molecule has 0 atom stereocenters. The van der Waals surface area contributed by atoms with Crippen LogP contribution in [0.1, 0.15) is 32.7 Å². The average molecular weight is 589 g/mol. The monoisotopic (exact) mass is 588 g/mol. The standard InChI is InChI=1S/C27H15ClF6N6O/c28-21-4-2-1-3-19(21)25(41)23-20(12-36-14-37-23)22-24(16-5-7-35-8-6-16)40(39-38-22)13-15-9-17(26(29,30)31)11-18(10-15)27(32,33)34/h1-12,14H,13H2. The van der Waals surface area contributed by atoms with Gasteiger partial charge < -0.3 is 0 Å². The Hall–Kier alpha value is -4.65. The zero-order chi connectivity index (χ0) is 29.4. The van der Waals surface area contributed by atoms with Gasteiger partial charge in [0.05, 0.1) is 34.0 Å². The van der Waals surface area contributed by atoms with Gasteiger partial charge in [0.25, 0.3) is 0 Å². The molecular weight excluding hydrogens is 574 g/mol. The van der Waals surface area contributed by atoms with Crippen molar-refractivity contribution >= 4 is 17.4 Å². The quantitative estimate of drug-likeness (QED) is 0.161. The molecule has 0 radical (unpaired) electrons. The number of alkyl halides is 6. The molecule has 0 aliphatic heterocycles. The van der Waals surface area contributed by atoms with Crippen molar-refractivity contribution in [3.8, 4) is 22.5 Å². The van der Waals surface area contributed by atoms with E-state index in [2.05, 4.69) is 25.3 Å². The molecule has 0 fully saturated rings. The van der Waals surface area contributed by atoms with Crippen LogP contribution in [-0.4, -0.2) is 35.7 Å². The molecule has 14 heteroatoms. The lowest BCUT2D eigenvalue weighted by Gasteiger charge is -2.15. The Kier molecular flexibility index (Phi) is 7.30. The number of hydrogen-bond donors (Lipinski definition) is 0. The summed E-state index contributed by atoms with van der Waals surface area (Å²) >= 11 is 6.22. The molecule has 3 heterocycles. The van der Waals surface area contributed by atoms with Gasteiger partial charge in [0.1, 0.15) is 17.7 Å². The van der Waals surface area contributed by atoms with E-state index >= 15 is 0 Å². The smallest absolute Gasteiger partial charge is 0.287 e. The van der Waals surface area contributed by atoms with E-state index in [9.17, 15) is 31.1 Å². The number of ketones is 1. The summed E-state index contributed by atoms with van der Waals surface area (Å²) in [6, 6.07) is 10.7. The number of hydrogen-bond acceptors (Lipinski definition) is 6. The molecule has 0 amide bonds. The minimum Gasteiger partial charge on any atom is -0.287 e. The molecule has 0 bridgehead atoms. The molecule has 0 aliphatic carbocycles. The van der Waals surface area contributed by atoms with Crippen molar-refractivity contribution in [3.05, 3.63) is 112 Å². The SMILES string of the molecule is O=C(c1ccccc1Cl)c1ncncc1-c1nnn(Cc2cc(C(F)(F)F)cc(C(F)(F)F)c2)c1-c1ccncc1. The van der Waals surface area contributed by atoms with Gasteiger partial charge in [-0.15, -0.1) is 5.10 Å². The predicted octanol–water partition coefficient (Wildman–Crippen LogP) is 6.77. The lowest BCUT2D eigenvalue weighted by atomic mass is 10.00. The number of aromatic nitrogens is 6. The van der Waals surface area contributed by atoms with E-state index in [1.54, 1.807) is 24.3 Å². The summed E-state index contributed by atoms with van der Waals surface area (Å²) in [5.41, 5.74) is -2.40. The highest BCUT2D eigenvalue weighted by Gasteiger charge is 2.37. The summed E-state index contributed by atoms with van der Waals surface area (Å²) in [5, 5.41) is 8.34. The van der Waals surface area contributed by atoms with Gasteiger partial charge in [-0.1, -0.05) is 28.9 Å². The zero-order valence-corrected chi connectivity index (χ0v) is 21.2. The minimum absolute atomic E-state index is 0.0496. The maximum atomic E-state index is 13.5. The third-order valence-corrected chi connectivity index (χ3v) is 6.30. The number of carbonyl (C=O) groups excluding carboxylic acids is 1. The first-order valence-electron chi connectivity index (χ1n) is 11.7. The second-order valence-electron chi connectivity index (χ2n) is 8.69. The van der Waals surface area contributed by atoms with Crippen molar-refractivity contribution in [1.29, 1.82) is 0 Å². The Morgan fingerprint density at radius 1 is 0.878 bits per heavy atom. The van der Waals surface area contributed by atoms with Gasteiger partial charge >= 0.3 is 12.4 Å². The van der Waals surface area contributed by atoms with Gasteiger partial charge in [-0.2, -0.15) is 26.3 Å². The summed E-state index contributed by atoms with van der Waals surface area (Å²) < 4.78 is 81.9. The number of carbonyl (C=O) groups is 1. The van der Waals surface area contributed by atoms with Crippen molar-refractivity contribution in [2.24, 2.45) is 0 Å². The van der Waals surface area contributed by atoms with Crippen LogP contribution in [0.4, 0.5) is 26.3 Å². The van der Waals surface area contributed by atoms with E-state index in [1.165, 1.54) is 30.7 Å². The number of pyridine rings is 1. The highest BCUT2D eigenvalue weighted by atomic mass is 35.5. The van der Waals surface area contributed by atoms with Crippen LogP contribution < -0.4 is 0 Å². The van der Waals surface area contributed by atoms with E-state index in [0.29, 0.717) is 17.7 Å². The maximum Gasteiger partial charge on any atom is 0.416 e. The fourth-order valence-corrected chi connectivity index (χ4v) is 4.36. The highest BCUT2D eigenvalue weighted by Crippen LogP contribution is 2.38. The Bertz CT molecular complexity index is 1700. The molecular formula is C27H15ClF6N6O. The van der Waals surface area contributed by atoms with Crippen molar-refractivity contribution < 1.29 is 31.1 Å². The summed E-state index contributed by atoms with van der Waals surface area (Å²) in [6.45, 7) is -0.515. The summed E-state index contributed by atoms with van der Waals surface area (Å²) in [5.74, 6) is -0.559. The molecule has 0 saturated carbocycles. The fourth-order valence-electron chi connectivity index (χ4n) is 4.14. The molecule has 3 aromatic heterocycles. The van der Waals surface area contributed by atoms with Crippen LogP contribution in [-0.2, 0) is 18.9 Å². The van der Waals surface area contributed by atoms with E-state index in [1.807, 2.05) is 0 Å². The number of nitrogens with zero attached hydrogens (tertiary/aromatic N) is 6. The molecule has 0 spiro atoms. The normalized spacial score (nSPS) is 12.0. The number of rotatable bonds is 6. The van der Waals surface area contributed by atoms with Gasteiger partial charge in [0.2, 0.25) is 5.78 Å². The van der Waals surface area contributed by atoms with E-state index in [0.717, 1.165) is 11.0 Å². The zero-order valence-electron chi connectivity index (χ0n) is 20.4. The first-order chi connectivity index (χ1) is 19.4.